The molecule has 0 aliphatic rings. The second-order valence-corrected chi connectivity index (χ2v) is 8.28. The van der Waals surface area contributed by atoms with Gasteiger partial charge in [0.2, 0.25) is 5.91 Å². The van der Waals surface area contributed by atoms with Crippen molar-refractivity contribution in [1.29, 1.82) is 0 Å². The summed E-state index contributed by atoms with van der Waals surface area (Å²) in [6, 6.07) is 18.3. The SMILES string of the molecule is C=CCn1c(SCC(=O)Nc2ccc(N(CC)C(C)C)cc2)nnc1-c1ccccc1. The zero-order valence-electron chi connectivity index (χ0n) is 18.3. The number of hydrogen-bond donors (Lipinski definition) is 1. The zero-order valence-corrected chi connectivity index (χ0v) is 19.1. The van der Waals surface area contributed by atoms with Gasteiger partial charge in [0.05, 0.1) is 5.75 Å². The average molecular weight is 436 g/mol. The highest BCUT2D eigenvalue weighted by Gasteiger charge is 2.15. The molecule has 0 saturated heterocycles. The first-order chi connectivity index (χ1) is 15.0. The molecule has 0 radical (unpaired) electrons. The molecule has 0 spiro atoms. The van der Waals surface area contributed by atoms with Crippen LogP contribution in [-0.2, 0) is 11.3 Å². The third-order valence-corrected chi connectivity index (χ3v) is 5.81. The average Bonchev–Trinajstić information content (AvgIpc) is 3.17. The molecular formula is C24H29N5OS. The van der Waals surface area contributed by atoms with Gasteiger partial charge in [-0.25, -0.2) is 0 Å². The van der Waals surface area contributed by atoms with Crippen LogP contribution in [0.25, 0.3) is 11.4 Å². The van der Waals surface area contributed by atoms with Gasteiger partial charge in [0.25, 0.3) is 0 Å². The molecule has 0 atom stereocenters. The van der Waals surface area contributed by atoms with Crippen molar-refractivity contribution < 1.29 is 4.79 Å². The van der Waals surface area contributed by atoms with Crippen LogP contribution < -0.4 is 10.2 Å². The summed E-state index contributed by atoms with van der Waals surface area (Å²) in [7, 11) is 0. The Hall–Kier alpha value is -3.06. The molecule has 1 heterocycles. The third kappa shape index (κ3) is 5.76. The quantitative estimate of drug-likeness (QED) is 0.355. The molecule has 162 valence electrons. The van der Waals surface area contributed by atoms with Gasteiger partial charge < -0.3 is 10.2 Å². The van der Waals surface area contributed by atoms with Crippen LogP contribution in [0.1, 0.15) is 20.8 Å². The second kappa shape index (κ2) is 10.8. The van der Waals surface area contributed by atoms with Gasteiger partial charge >= 0.3 is 0 Å². The molecule has 1 N–H and O–H groups in total. The van der Waals surface area contributed by atoms with Crippen LogP contribution in [0.5, 0.6) is 0 Å². The molecule has 7 heteroatoms. The van der Waals surface area contributed by atoms with Crippen molar-refractivity contribution in [3.05, 3.63) is 67.3 Å². The number of anilines is 2. The number of thioether (sulfide) groups is 1. The lowest BCUT2D eigenvalue weighted by Crippen LogP contribution is -2.30. The highest BCUT2D eigenvalue weighted by Crippen LogP contribution is 2.24. The third-order valence-electron chi connectivity index (χ3n) is 4.84. The lowest BCUT2D eigenvalue weighted by atomic mass is 10.2. The minimum atomic E-state index is -0.0802. The molecule has 0 saturated carbocycles. The van der Waals surface area contributed by atoms with E-state index in [-0.39, 0.29) is 11.7 Å². The number of amides is 1. The second-order valence-electron chi connectivity index (χ2n) is 7.33. The van der Waals surface area contributed by atoms with Gasteiger partial charge in [-0.2, -0.15) is 0 Å². The fourth-order valence-electron chi connectivity index (χ4n) is 3.40. The molecule has 0 aliphatic carbocycles. The van der Waals surface area contributed by atoms with Gasteiger partial charge in [0, 0.05) is 36.1 Å². The molecular weight excluding hydrogens is 406 g/mol. The highest BCUT2D eigenvalue weighted by molar-refractivity contribution is 7.99. The van der Waals surface area contributed by atoms with Gasteiger partial charge in [0.15, 0.2) is 11.0 Å². The van der Waals surface area contributed by atoms with Crippen LogP contribution in [-0.4, -0.2) is 39.0 Å². The fourth-order valence-corrected chi connectivity index (χ4v) is 4.15. The summed E-state index contributed by atoms with van der Waals surface area (Å²) in [6.07, 6.45) is 1.80. The Labute approximate surface area is 188 Å². The maximum atomic E-state index is 12.5. The minimum Gasteiger partial charge on any atom is -0.369 e. The molecule has 2 aromatic carbocycles. The molecule has 31 heavy (non-hydrogen) atoms. The molecule has 3 rings (SSSR count). The first-order valence-corrected chi connectivity index (χ1v) is 11.4. The number of aromatic nitrogens is 3. The van der Waals surface area contributed by atoms with Gasteiger partial charge in [0.1, 0.15) is 0 Å². The number of rotatable bonds is 10. The van der Waals surface area contributed by atoms with E-state index in [4.69, 9.17) is 0 Å². The van der Waals surface area contributed by atoms with E-state index in [1.165, 1.54) is 11.8 Å². The van der Waals surface area contributed by atoms with E-state index < -0.39 is 0 Å². The van der Waals surface area contributed by atoms with Crippen LogP contribution in [0.4, 0.5) is 11.4 Å². The van der Waals surface area contributed by atoms with E-state index in [0.717, 1.165) is 29.3 Å². The van der Waals surface area contributed by atoms with Crippen LogP contribution in [0.15, 0.2) is 72.4 Å². The predicted octanol–water partition coefficient (Wildman–Crippen LogP) is 5.10. The van der Waals surface area contributed by atoms with Crippen molar-refractivity contribution in [3.63, 3.8) is 0 Å². The standard InChI is InChI=1S/C24H29N5OS/c1-5-16-29-23(19-10-8-7-9-11-19)26-27-24(29)31-17-22(30)25-20-12-14-21(15-13-20)28(6-2)18(3)4/h5,7-15,18H,1,6,16-17H2,2-4H3,(H,25,30). The van der Waals surface area contributed by atoms with E-state index in [2.05, 4.69) is 47.8 Å². The van der Waals surface area contributed by atoms with Crippen LogP contribution in [0, 0.1) is 0 Å². The van der Waals surface area contributed by atoms with E-state index in [1.54, 1.807) is 6.08 Å². The Kier molecular flexibility index (Phi) is 7.89. The summed E-state index contributed by atoms with van der Waals surface area (Å²) in [6.45, 7) is 11.8. The molecule has 0 fully saturated rings. The number of carbonyl (C=O) groups is 1. The number of nitrogens with one attached hydrogen (secondary N) is 1. The Morgan fingerprint density at radius 3 is 2.48 bits per heavy atom. The summed E-state index contributed by atoms with van der Waals surface area (Å²) < 4.78 is 1.97. The topological polar surface area (TPSA) is 63.1 Å². The Bertz CT molecular complexity index is 999. The first kappa shape index (κ1) is 22.6. The minimum absolute atomic E-state index is 0.0802. The molecule has 6 nitrogen and oxygen atoms in total. The molecule has 0 unspecified atom stereocenters. The van der Waals surface area contributed by atoms with Crippen LogP contribution >= 0.6 is 11.8 Å². The van der Waals surface area contributed by atoms with Crippen molar-refractivity contribution in [2.24, 2.45) is 0 Å². The van der Waals surface area contributed by atoms with Crippen molar-refractivity contribution in [1.82, 2.24) is 14.8 Å². The van der Waals surface area contributed by atoms with Crippen molar-refractivity contribution in [3.8, 4) is 11.4 Å². The van der Waals surface area contributed by atoms with Gasteiger partial charge in [-0.15, -0.1) is 16.8 Å². The number of carbonyl (C=O) groups excluding carboxylic acids is 1. The number of allylic oxidation sites excluding steroid dienone is 1. The number of hydrogen-bond acceptors (Lipinski definition) is 5. The monoisotopic (exact) mass is 435 g/mol. The lowest BCUT2D eigenvalue weighted by molar-refractivity contribution is -0.113. The fraction of sp³-hybridized carbons (Fsp3) is 0.292. The zero-order chi connectivity index (χ0) is 22.2. The van der Waals surface area contributed by atoms with Crippen LogP contribution in [0.2, 0.25) is 0 Å². The maximum absolute atomic E-state index is 12.5. The van der Waals surface area contributed by atoms with E-state index >= 15 is 0 Å². The summed E-state index contributed by atoms with van der Waals surface area (Å²) >= 11 is 1.37. The highest BCUT2D eigenvalue weighted by atomic mass is 32.2. The Balaban J connectivity index is 1.63. The Morgan fingerprint density at radius 2 is 1.87 bits per heavy atom. The maximum Gasteiger partial charge on any atom is 0.234 e. The van der Waals surface area contributed by atoms with Crippen molar-refractivity contribution >= 4 is 29.0 Å². The normalized spacial score (nSPS) is 10.8. The lowest BCUT2D eigenvalue weighted by Gasteiger charge is -2.27. The van der Waals surface area contributed by atoms with Crippen LogP contribution in [0.3, 0.4) is 0 Å². The first-order valence-electron chi connectivity index (χ1n) is 10.4. The van der Waals surface area contributed by atoms with E-state index in [1.807, 2.05) is 59.2 Å². The van der Waals surface area contributed by atoms with Crippen molar-refractivity contribution in [2.75, 3.05) is 22.5 Å². The smallest absolute Gasteiger partial charge is 0.234 e. The summed E-state index contributed by atoms with van der Waals surface area (Å²) in [5.41, 5.74) is 2.92. The molecule has 0 bridgehead atoms. The summed E-state index contributed by atoms with van der Waals surface area (Å²) in [4.78, 5) is 14.8. The largest absolute Gasteiger partial charge is 0.369 e. The Morgan fingerprint density at radius 1 is 1.16 bits per heavy atom. The van der Waals surface area contributed by atoms with Gasteiger partial charge in [-0.05, 0) is 45.0 Å². The van der Waals surface area contributed by atoms with Gasteiger partial charge in [-0.1, -0.05) is 48.2 Å². The van der Waals surface area contributed by atoms with E-state index in [0.29, 0.717) is 17.7 Å². The molecule has 1 amide bonds. The van der Waals surface area contributed by atoms with E-state index in [9.17, 15) is 4.79 Å². The van der Waals surface area contributed by atoms with Gasteiger partial charge in [-0.3, -0.25) is 9.36 Å². The summed E-state index contributed by atoms with van der Waals surface area (Å²) in [5, 5.41) is 12.3. The summed E-state index contributed by atoms with van der Waals surface area (Å²) in [5.74, 6) is 0.937. The predicted molar refractivity (Wildman–Crippen MR) is 130 cm³/mol. The number of benzene rings is 2. The molecule has 3 aromatic rings. The number of nitrogens with zero attached hydrogens (tertiary/aromatic N) is 4. The molecule has 0 aliphatic heterocycles. The van der Waals surface area contributed by atoms with Crippen molar-refractivity contribution in [2.45, 2.75) is 38.5 Å². The molecule has 1 aromatic heterocycles.